The van der Waals surface area contributed by atoms with Crippen molar-refractivity contribution < 1.29 is 0 Å². The molecule has 0 radical (unpaired) electrons. The minimum Gasteiger partial charge on any atom is -0.385 e. The van der Waals surface area contributed by atoms with Gasteiger partial charge < -0.3 is 21.4 Å². The van der Waals surface area contributed by atoms with Crippen molar-refractivity contribution in [3.8, 4) is 0 Å². The maximum absolute atomic E-state index is 12.4. The van der Waals surface area contributed by atoms with Crippen molar-refractivity contribution in [2.75, 3.05) is 16.4 Å². The molecule has 0 aliphatic carbocycles. The van der Waals surface area contributed by atoms with E-state index in [1.54, 1.807) is 6.07 Å². The highest BCUT2D eigenvalue weighted by atomic mass is 16.1. The summed E-state index contributed by atoms with van der Waals surface area (Å²) < 4.78 is 1.51. The first-order valence-electron chi connectivity index (χ1n) is 8.64. The van der Waals surface area contributed by atoms with E-state index in [4.69, 9.17) is 5.73 Å². The Morgan fingerprint density at radius 1 is 1.00 bits per heavy atom. The zero-order valence-electron chi connectivity index (χ0n) is 14.6. The Morgan fingerprint density at radius 3 is 2.44 bits per heavy atom. The molecular weight excluding hydrogens is 340 g/mol. The van der Waals surface area contributed by atoms with Gasteiger partial charge in [-0.2, -0.15) is 0 Å². The number of fused-ring (bicyclic) bond motifs is 1. The number of nitrogens with zero attached hydrogens (tertiary/aromatic N) is 2. The number of H-pyrrole nitrogens is 1. The summed E-state index contributed by atoms with van der Waals surface area (Å²) in [6.07, 6.45) is 1.50. The Hall–Kier alpha value is -3.74. The average molecular weight is 360 g/mol. The minimum atomic E-state index is -0.137. The predicted molar refractivity (Wildman–Crippen MR) is 109 cm³/mol. The molecular formula is C20H20N6O. The van der Waals surface area contributed by atoms with E-state index in [-0.39, 0.29) is 5.56 Å². The molecule has 136 valence electrons. The van der Waals surface area contributed by atoms with Gasteiger partial charge in [0, 0.05) is 17.9 Å². The molecule has 2 heterocycles. The number of hydrogen-bond acceptors (Lipinski definition) is 5. The predicted octanol–water partition coefficient (Wildman–Crippen LogP) is 2.99. The normalized spacial score (nSPS) is 10.8. The van der Waals surface area contributed by atoms with Crippen LogP contribution in [0.2, 0.25) is 0 Å². The van der Waals surface area contributed by atoms with Gasteiger partial charge in [0.05, 0.1) is 12.1 Å². The second kappa shape index (κ2) is 7.25. The SMILES string of the molecule is Nc1cc2c(=O)n(CNc3ccc(NCc4ccccc4)cc3)cnc2[nH]1. The molecule has 2 aromatic heterocycles. The van der Waals surface area contributed by atoms with E-state index in [0.29, 0.717) is 23.5 Å². The third kappa shape index (κ3) is 3.77. The highest BCUT2D eigenvalue weighted by molar-refractivity contribution is 5.78. The number of hydrogen-bond donors (Lipinski definition) is 4. The van der Waals surface area contributed by atoms with Gasteiger partial charge >= 0.3 is 0 Å². The zero-order valence-corrected chi connectivity index (χ0v) is 14.6. The van der Waals surface area contributed by atoms with Gasteiger partial charge in [0.2, 0.25) is 0 Å². The molecule has 0 unspecified atom stereocenters. The Bertz CT molecular complexity index is 1100. The summed E-state index contributed by atoms with van der Waals surface area (Å²) in [7, 11) is 0. The van der Waals surface area contributed by atoms with Crippen LogP contribution in [0.25, 0.3) is 11.0 Å². The van der Waals surface area contributed by atoms with E-state index in [0.717, 1.165) is 17.9 Å². The Kier molecular flexibility index (Phi) is 4.49. The van der Waals surface area contributed by atoms with E-state index in [1.165, 1.54) is 16.5 Å². The fraction of sp³-hybridized carbons (Fsp3) is 0.100. The van der Waals surface area contributed by atoms with Crippen molar-refractivity contribution in [3.63, 3.8) is 0 Å². The molecule has 4 aromatic rings. The number of nitrogen functional groups attached to an aromatic ring is 1. The molecule has 0 amide bonds. The van der Waals surface area contributed by atoms with Crippen molar-refractivity contribution in [2.45, 2.75) is 13.2 Å². The molecule has 0 atom stereocenters. The van der Waals surface area contributed by atoms with Crippen LogP contribution in [0.1, 0.15) is 5.56 Å². The van der Waals surface area contributed by atoms with Crippen molar-refractivity contribution in [1.29, 1.82) is 0 Å². The van der Waals surface area contributed by atoms with Gasteiger partial charge in [-0.3, -0.25) is 9.36 Å². The Morgan fingerprint density at radius 2 is 1.70 bits per heavy atom. The van der Waals surface area contributed by atoms with Crippen molar-refractivity contribution in [1.82, 2.24) is 14.5 Å². The van der Waals surface area contributed by atoms with E-state index in [9.17, 15) is 4.79 Å². The fourth-order valence-corrected chi connectivity index (χ4v) is 2.86. The quantitative estimate of drug-likeness (QED) is 0.423. The van der Waals surface area contributed by atoms with Crippen LogP contribution in [0, 0.1) is 0 Å². The molecule has 0 aliphatic heterocycles. The molecule has 0 spiro atoms. The standard InChI is InChI=1S/C20H20N6O/c21-18-10-17-19(25-18)24-13-26(20(17)27)12-23-16-8-6-15(7-9-16)22-11-14-4-2-1-3-5-14/h1-10,13,22-23,25H,11-12,21H2. The first kappa shape index (κ1) is 16.7. The minimum absolute atomic E-state index is 0.137. The van der Waals surface area contributed by atoms with Crippen molar-refractivity contribution in [2.24, 2.45) is 0 Å². The van der Waals surface area contributed by atoms with Crippen LogP contribution >= 0.6 is 0 Å². The fourth-order valence-electron chi connectivity index (χ4n) is 2.86. The molecule has 7 heteroatoms. The summed E-state index contributed by atoms with van der Waals surface area (Å²) in [6.45, 7) is 1.10. The van der Waals surface area contributed by atoms with Gasteiger partial charge in [-0.1, -0.05) is 30.3 Å². The number of anilines is 3. The highest BCUT2D eigenvalue weighted by Crippen LogP contribution is 2.15. The van der Waals surface area contributed by atoms with Crippen molar-refractivity contribution in [3.05, 3.63) is 82.9 Å². The summed E-state index contributed by atoms with van der Waals surface area (Å²) in [5.41, 5.74) is 9.23. The van der Waals surface area contributed by atoms with Crippen LogP contribution in [0.3, 0.4) is 0 Å². The summed E-state index contributed by atoms with van der Waals surface area (Å²) in [5, 5.41) is 7.10. The number of nitrogens with two attached hydrogens (primary N) is 1. The lowest BCUT2D eigenvalue weighted by Gasteiger charge is -2.10. The van der Waals surface area contributed by atoms with E-state index in [1.807, 2.05) is 42.5 Å². The highest BCUT2D eigenvalue weighted by Gasteiger charge is 2.06. The summed E-state index contributed by atoms with van der Waals surface area (Å²) >= 11 is 0. The van der Waals surface area contributed by atoms with Gasteiger partial charge in [0.15, 0.2) is 0 Å². The van der Waals surface area contributed by atoms with Gasteiger partial charge in [-0.25, -0.2) is 4.98 Å². The van der Waals surface area contributed by atoms with Crippen molar-refractivity contribution >= 4 is 28.2 Å². The Balaban J connectivity index is 1.39. The van der Waals surface area contributed by atoms with Gasteiger partial charge in [0.1, 0.15) is 17.8 Å². The topological polar surface area (TPSA) is 101 Å². The number of aromatic nitrogens is 3. The second-order valence-electron chi connectivity index (χ2n) is 6.26. The second-order valence-corrected chi connectivity index (χ2v) is 6.26. The maximum atomic E-state index is 12.4. The summed E-state index contributed by atoms with van der Waals surface area (Å²) in [6, 6.07) is 19.8. The lowest BCUT2D eigenvalue weighted by molar-refractivity contribution is 0.728. The molecule has 2 aromatic carbocycles. The number of aromatic amines is 1. The van der Waals surface area contributed by atoms with Crippen LogP contribution in [-0.2, 0) is 13.2 Å². The number of benzene rings is 2. The third-order valence-corrected chi connectivity index (χ3v) is 4.31. The molecule has 0 aliphatic rings. The molecule has 4 rings (SSSR count). The van der Waals surface area contributed by atoms with Crippen LogP contribution in [0.5, 0.6) is 0 Å². The smallest absolute Gasteiger partial charge is 0.264 e. The molecule has 0 saturated carbocycles. The van der Waals surface area contributed by atoms with E-state index < -0.39 is 0 Å². The first-order chi connectivity index (χ1) is 13.2. The summed E-state index contributed by atoms with van der Waals surface area (Å²) in [4.78, 5) is 19.5. The van der Waals surface area contributed by atoms with E-state index in [2.05, 4.69) is 32.7 Å². The number of nitrogens with one attached hydrogen (secondary N) is 3. The lowest BCUT2D eigenvalue weighted by atomic mass is 10.2. The molecule has 5 N–H and O–H groups in total. The first-order valence-corrected chi connectivity index (χ1v) is 8.64. The zero-order chi connectivity index (χ0) is 18.6. The van der Waals surface area contributed by atoms with E-state index >= 15 is 0 Å². The Labute approximate surface area is 155 Å². The van der Waals surface area contributed by atoms with Gasteiger partial charge in [-0.05, 0) is 35.9 Å². The molecule has 0 fully saturated rings. The molecule has 27 heavy (non-hydrogen) atoms. The van der Waals surface area contributed by atoms with Gasteiger partial charge in [-0.15, -0.1) is 0 Å². The third-order valence-electron chi connectivity index (χ3n) is 4.31. The van der Waals surface area contributed by atoms with Gasteiger partial charge in [0.25, 0.3) is 5.56 Å². The average Bonchev–Trinajstić information content (AvgIpc) is 3.09. The molecule has 0 bridgehead atoms. The monoisotopic (exact) mass is 360 g/mol. The maximum Gasteiger partial charge on any atom is 0.264 e. The van der Waals surface area contributed by atoms with Crippen LogP contribution in [0.4, 0.5) is 17.2 Å². The number of rotatable bonds is 6. The van der Waals surface area contributed by atoms with Crippen LogP contribution in [0.15, 0.2) is 71.8 Å². The summed E-state index contributed by atoms with van der Waals surface area (Å²) in [5.74, 6) is 0.430. The molecule has 0 saturated heterocycles. The largest absolute Gasteiger partial charge is 0.385 e. The molecule has 7 nitrogen and oxygen atoms in total. The lowest BCUT2D eigenvalue weighted by Crippen LogP contribution is -2.23. The van der Waals surface area contributed by atoms with Crippen LogP contribution in [-0.4, -0.2) is 14.5 Å². The van der Waals surface area contributed by atoms with Crippen LogP contribution < -0.4 is 21.9 Å².